The van der Waals surface area contributed by atoms with Crippen LogP contribution in [0.1, 0.15) is 30.4 Å². The Kier molecular flexibility index (Phi) is 6.92. The SMILES string of the molecule is COc1cc2c(cc1OC)CN(C(=O)C1(NC(=O)CCn3c(=O)oc4ccccc43)CCNCC1)CC2. The lowest BCUT2D eigenvalue weighted by atomic mass is 9.85. The van der Waals surface area contributed by atoms with Crippen molar-refractivity contribution in [2.24, 2.45) is 0 Å². The number of hydrogen-bond acceptors (Lipinski definition) is 7. The second kappa shape index (κ2) is 10.3. The quantitative estimate of drug-likeness (QED) is 0.500. The fraction of sp³-hybridized carbons (Fsp3) is 0.444. The summed E-state index contributed by atoms with van der Waals surface area (Å²) in [5, 5.41) is 6.35. The highest BCUT2D eigenvalue weighted by molar-refractivity contribution is 5.92. The van der Waals surface area contributed by atoms with Crippen molar-refractivity contribution in [2.45, 2.75) is 44.3 Å². The van der Waals surface area contributed by atoms with Crippen LogP contribution in [0.25, 0.3) is 11.1 Å². The Hall–Kier alpha value is -3.79. The van der Waals surface area contributed by atoms with Gasteiger partial charge in [-0.15, -0.1) is 0 Å². The van der Waals surface area contributed by atoms with Gasteiger partial charge in [0, 0.05) is 26.1 Å². The summed E-state index contributed by atoms with van der Waals surface area (Å²) in [6.07, 6.45) is 1.76. The van der Waals surface area contributed by atoms with Gasteiger partial charge in [0.25, 0.3) is 0 Å². The van der Waals surface area contributed by atoms with Crippen molar-refractivity contribution in [1.29, 1.82) is 0 Å². The second-order valence-corrected chi connectivity index (χ2v) is 9.57. The van der Waals surface area contributed by atoms with Crippen LogP contribution in [0.5, 0.6) is 11.5 Å². The average Bonchev–Trinajstić information content (AvgIpc) is 3.25. The van der Waals surface area contributed by atoms with Gasteiger partial charge in [-0.25, -0.2) is 4.79 Å². The number of rotatable bonds is 7. The molecular weight excluding hydrogens is 476 g/mol. The molecule has 2 N–H and O–H groups in total. The number of ether oxygens (including phenoxy) is 2. The van der Waals surface area contributed by atoms with E-state index in [9.17, 15) is 14.4 Å². The highest BCUT2D eigenvalue weighted by Crippen LogP contribution is 2.34. The first-order valence-electron chi connectivity index (χ1n) is 12.6. The highest BCUT2D eigenvalue weighted by Gasteiger charge is 2.44. The molecule has 3 heterocycles. The lowest BCUT2D eigenvalue weighted by Crippen LogP contribution is -2.64. The van der Waals surface area contributed by atoms with Crippen molar-refractivity contribution in [2.75, 3.05) is 33.9 Å². The Balaban J connectivity index is 1.31. The zero-order chi connectivity index (χ0) is 26.0. The molecule has 10 nitrogen and oxygen atoms in total. The summed E-state index contributed by atoms with van der Waals surface area (Å²) in [4.78, 5) is 41.1. The number of benzene rings is 2. The number of nitrogens with one attached hydrogen (secondary N) is 2. The molecule has 0 aliphatic carbocycles. The number of carbonyl (C=O) groups is 2. The summed E-state index contributed by atoms with van der Waals surface area (Å²) >= 11 is 0. The molecule has 2 amide bonds. The van der Waals surface area contributed by atoms with Crippen LogP contribution in [-0.2, 0) is 29.1 Å². The molecule has 37 heavy (non-hydrogen) atoms. The predicted octanol–water partition coefficient (Wildman–Crippen LogP) is 1.83. The molecule has 0 bridgehead atoms. The zero-order valence-corrected chi connectivity index (χ0v) is 21.2. The third-order valence-corrected chi connectivity index (χ3v) is 7.39. The molecule has 0 radical (unpaired) electrons. The molecule has 0 unspecified atom stereocenters. The summed E-state index contributed by atoms with van der Waals surface area (Å²) in [5.41, 5.74) is 2.28. The molecule has 0 saturated carbocycles. The smallest absolute Gasteiger partial charge is 0.419 e. The Labute approximate surface area is 214 Å². The summed E-state index contributed by atoms with van der Waals surface area (Å²) in [6, 6.07) is 11.0. The maximum atomic E-state index is 13.9. The molecule has 1 fully saturated rings. The lowest BCUT2D eigenvalue weighted by Gasteiger charge is -2.42. The largest absolute Gasteiger partial charge is 0.493 e. The number of oxazole rings is 1. The minimum Gasteiger partial charge on any atom is -0.493 e. The van der Waals surface area contributed by atoms with E-state index in [0.29, 0.717) is 68.0 Å². The van der Waals surface area contributed by atoms with Crippen molar-refractivity contribution < 1.29 is 23.5 Å². The standard InChI is InChI=1S/C27H32N4O6/c1-35-22-15-18-7-13-30(17-19(18)16-23(22)36-2)25(33)27(9-11-28-12-10-27)29-24(32)8-14-31-20-5-3-4-6-21(20)37-26(31)34/h3-6,15-16,28H,7-14,17H2,1-2H3,(H,29,32). The number of fused-ring (bicyclic) bond motifs is 2. The second-order valence-electron chi connectivity index (χ2n) is 9.57. The van der Waals surface area contributed by atoms with E-state index in [1.165, 1.54) is 4.57 Å². The zero-order valence-electron chi connectivity index (χ0n) is 21.2. The molecule has 1 saturated heterocycles. The summed E-state index contributed by atoms with van der Waals surface area (Å²) in [6.45, 7) is 2.43. The van der Waals surface area contributed by atoms with Crippen LogP contribution in [0.4, 0.5) is 0 Å². The fourth-order valence-corrected chi connectivity index (χ4v) is 5.37. The van der Waals surface area contributed by atoms with Gasteiger partial charge in [0.2, 0.25) is 11.8 Å². The number of aryl methyl sites for hydroxylation is 1. The van der Waals surface area contributed by atoms with Gasteiger partial charge in [-0.05, 0) is 67.7 Å². The summed E-state index contributed by atoms with van der Waals surface area (Å²) < 4.78 is 17.6. The van der Waals surface area contributed by atoms with Crippen LogP contribution in [0.2, 0.25) is 0 Å². The predicted molar refractivity (Wildman–Crippen MR) is 137 cm³/mol. The van der Waals surface area contributed by atoms with Crippen LogP contribution in [-0.4, -0.2) is 60.7 Å². The molecule has 2 aliphatic rings. The van der Waals surface area contributed by atoms with Crippen molar-refractivity contribution in [1.82, 2.24) is 20.1 Å². The number of carbonyl (C=O) groups excluding carboxylic acids is 2. The average molecular weight is 509 g/mol. The van der Waals surface area contributed by atoms with Crippen molar-refractivity contribution in [3.63, 3.8) is 0 Å². The number of para-hydroxylation sites is 2. The normalized spacial score (nSPS) is 16.8. The van der Waals surface area contributed by atoms with E-state index in [0.717, 1.165) is 11.1 Å². The van der Waals surface area contributed by atoms with Gasteiger partial charge >= 0.3 is 5.76 Å². The summed E-state index contributed by atoms with van der Waals surface area (Å²) in [7, 11) is 3.20. The van der Waals surface area contributed by atoms with Crippen LogP contribution < -0.4 is 25.9 Å². The van der Waals surface area contributed by atoms with Crippen LogP contribution in [0.3, 0.4) is 0 Å². The first kappa shape index (κ1) is 24.9. The Morgan fingerprint density at radius 1 is 1.08 bits per heavy atom. The molecule has 1 aromatic heterocycles. The third kappa shape index (κ3) is 4.81. The Morgan fingerprint density at radius 2 is 1.78 bits per heavy atom. The molecular formula is C27H32N4O6. The van der Waals surface area contributed by atoms with Crippen molar-refractivity contribution in [3.8, 4) is 11.5 Å². The van der Waals surface area contributed by atoms with E-state index in [1.54, 1.807) is 32.4 Å². The van der Waals surface area contributed by atoms with Gasteiger partial charge in [0.15, 0.2) is 17.1 Å². The van der Waals surface area contributed by atoms with Crippen molar-refractivity contribution >= 4 is 22.9 Å². The van der Waals surface area contributed by atoms with Gasteiger partial charge in [0.1, 0.15) is 5.54 Å². The maximum absolute atomic E-state index is 13.9. The number of piperidine rings is 1. The van der Waals surface area contributed by atoms with E-state index in [2.05, 4.69) is 10.6 Å². The van der Waals surface area contributed by atoms with Gasteiger partial charge in [-0.1, -0.05) is 12.1 Å². The van der Waals surface area contributed by atoms with E-state index in [4.69, 9.17) is 13.9 Å². The molecule has 196 valence electrons. The topological polar surface area (TPSA) is 115 Å². The number of hydrogen-bond donors (Lipinski definition) is 2. The maximum Gasteiger partial charge on any atom is 0.419 e. The molecule has 2 aromatic carbocycles. The first-order valence-corrected chi connectivity index (χ1v) is 12.6. The summed E-state index contributed by atoms with van der Waals surface area (Å²) in [5.74, 6) is 0.459. The van der Waals surface area contributed by atoms with E-state index in [-0.39, 0.29) is 24.8 Å². The third-order valence-electron chi connectivity index (χ3n) is 7.39. The van der Waals surface area contributed by atoms with Crippen molar-refractivity contribution in [3.05, 3.63) is 58.1 Å². The van der Waals surface area contributed by atoms with Crippen LogP contribution in [0, 0.1) is 0 Å². The number of amides is 2. The monoisotopic (exact) mass is 508 g/mol. The van der Waals surface area contributed by atoms with E-state index >= 15 is 0 Å². The minimum atomic E-state index is -0.986. The molecule has 0 spiro atoms. The molecule has 10 heteroatoms. The molecule has 2 aliphatic heterocycles. The van der Waals surface area contributed by atoms with Crippen LogP contribution in [0.15, 0.2) is 45.6 Å². The number of aromatic nitrogens is 1. The molecule has 5 rings (SSSR count). The van der Waals surface area contributed by atoms with Gasteiger partial charge in [0.05, 0.1) is 19.7 Å². The van der Waals surface area contributed by atoms with E-state index < -0.39 is 11.3 Å². The Bertz CT molecular complexity index is 1370. The van der Waals surface area contributed by atoms with Crippen LogP contribution >= 0.6 is 0 Å². The van der Waals surface area contributed by atoms with Gasteiger partial charge < -0.3 is 29.4 Å². The Morgan fingerprint density at radius 3 is 2.51 bits per heavy atom. The number of methoxy groups -OCH3 is 2. The highest BCUT2D eigenvalue weighted by atomic mass is 16.5. The molecule has 0 atom stereocenters. The fourth-order valence-electron chi connectivity index (χ4n) is 5.37. The van der Waals surface area contributed by atoms with Gasteiger partial charge in [-0.3, -0.25) is 14.2 Å². The van der Waals surface area contributed by atoms with Gasteiger partial charge in [-0.2, -0.15) is 0 Å². The molecule has 3 aromatic rings. The van der Waals surface area contributed by atoms with E-state index in [1.807, 2.05) is 23.1 Å². The first-order chi connectivity index (χ1) is 17.9. The number of nitrogens with zero attached hydrogens (tertiary/aromatic N) is 2. The minimum absolute atomic E-state index is 0.0612. The lowest BCUT2D eigenvalue weighted by molar-refractivity contribution is -0.144.